The van der Waals surface area contributed by atoms with Gasteiger partial charge in [-0.25, -0.2) is 14.6 Å². The molecule has 3 aromatic rings. The van der Waals surface area contributed by atoms with Gasteiger partial charge in [0.05, 0.1) is 16.7 Å². The van der Waals surface area contributed by atoms with Gasteiger partial charge in [-0.05, 0) is 25.5 Å². The van der Waals surface area contributed by atoms with Crippen LogP contribution in [-0.2, 0) is 4.79 Å². The molecule has 0 saturated heterocycles. The lowest BCUT2D eigenvalue weighted by Crippen LogP contribution is -2.34. The number of carbonyl (C=O) groups is 1. The second-order valence-corrected chi connectivity index (χ2v) is 7.91. The molecular formula is C20H26N6O2S. The van der Waals surface area contributed by atoms with Crippen LogP contribution in [0, 0.1) is 0 Å². The summed E-state index contributed by atoms with van der Waals surface area (Å²) in [5.74, 6) is 0.364. The first kappa shape index (κ1) is 21.0. The molecule has 1 aromatic carbocycles. The van der Waals surface area contributed by atoms with E-state index in [1.54, 1.807) is 18.2 Å². The van der Waals surface area contributed by atoms with Crippen molar-refractivity contribution in [2.24, 2.45) is 0 Å². The van der Waals surface area contributed by atoms with Gasteiger partial charge in [-0.2, -0.15) is 10.1 Å². The largest absolute Gasteiger partial charge is 0.353 e. The Morgan fingerprint density at radius 3 is 2.86 bits per heavy atom. The number of H-pyrrole nitrogens is 1. The zero-order valence-electron chi connectivity index (χ0n) is 16.7. The number of nitrogens with one attached hydrogen (secondary N) is 2. The second-order valence-electron chi connectivity index (χ2n) is 6.97. The predicted molar refractivity (Wildman–Crippen MR) is 114 cm³/mol. The fraction of sp³-hybridized carbons (Fsp3) is 0.450. The van der Waals surface area contributed by atoms with Gasteiger partial charge < -0.3 is 5.32 Å². The number of nitrogens with zero attached hydrogens (tertiary/aromatic N) is 4. The van der Waals surface area contributed by atoms with Gasteiger partial charge in [-0.15, -0.1) is 0 Å². The number of carbonyl (C=O) groups excluding carboxylic acids is 1. The summed E-state index contributed by atoms with van der Waals surface area (Å²) in [4.78, 5) is 34.0. The van der Waals surface area contributed by atoms with Crippen LogP contribution < -0.4 is 10.9 Å². The topological polar surface area (TPSA) is 106 Å². The van der Waals surface area contributed by atoms with E-state index in [4.69, 9.17) is 0 Å². The lowest BCUT2D eigenvalue weighted by Gasteiger charge is -2.14. The maximum absolute atomic E-state index is 13.0. The molecule has 154 valence electrons. The molecule has 1 amide bonds. The molecular weight excluding hydrogens is 388 g/mol. The van der Waals surface area contributed by atoms with Crippen molar-refractivity contribution in [1.82, 2.24) is 30.0 Å². The first-order valence-corrected chi connectivity index (χ1v) is 10.9. The number of aromatic nitrogens is 5. The second kappa shape index (κ2) is 10.2. The van der Waals surface area contributed by atoms with Crippen LogP contribution in [0.1, 0.15) is 46.0 Å². The van der Waals surface area contributed by atoms with E-state index in [0.29, 0.717) is 16.1 Å². The molecule has 2 aromatic heterocycles. The Kier molecular flexibility index (Phi) is 7.40. The predicted octanol–water partition coefficient (Wildman–Crippen LogP) is 3.07. The van der Waals surface area contributed by atoms with Gasteiger partial charge in [-0.3, -0.25) is 9.59 Å². The number of rotatable bonds is 10. The summed E-state index contributed by atoms with van der Waals surface area (Å²) in [5.41, 5.74) is 0.333. The molecule has 0 fully saturated rings. The number of unbranched alkanes of at least 4 members (excludes halogenated alkanes) is 3. The summed E-state index contributed by atoms with van der Waals surface area (Å²) < 4.78 is 1.36. The van der Waals surface area contributed by atoms with E-state index in [1.165, 1.54) is 41.9 Å². The zero-order valence-corrected chi connectivity index (χ0v) is 17.5. The van der Waals surface area contributed by atoms with E-state index in [-0.39, 0.29) is 29.2 Å². The lowest BCUT2D eigenvalue weighted by molar-refractivity contribution is -0.119. The first-order chi connectivity index (χ1) is 14.1. The highest BCUT2D eigenvalue weighted by atomic mass is 32.2. The third-order valence-electron chi connectivity index (χ3n) is 4.59. The van der Waals surface area contributed by atoms with Crippen LogP contribution in [0.25, 0.3) is 16.9 Å². The van der Waals surface area contributed by atoms with Gasteiger partial charge in [0.1, 0.15) is 6.33 Å². The van der Waals surface area contributed by atoms with Crippen LogP contribution in [0.15, 0.2) is 40.5 Å². The molecule has 0 aliphatic carbocycles. The number of amides is 1. The number of hydrogen-bond acceptors (Lipinski definition) is 6. The monoisotopic (exact) mass is 414 g/mol. The van der Waals surface area contributed by atoms with E-state index < -0.39 is 0 Å². The Morgan fingerprint density at radius 2 is 2.10 bits per heavy atom. The van der Waals surface area contributed by atoms with E-state index in [1.807, 2.05) is 13.0 Å². The Labute approximate surface area is 173 Å². The highest BCUT2D eigenvalue weighted by molar-refractivity contribution is 7.99. The minimum Gasteiger partial charge on any atom is -0.353 e. The maximum atomic E-state index is 13.0. The number of thioether (sulfide) groups is 1. The van der Waals surface area contributed by atoms with Crippen LogP contribution in [0.4, 0.5) is 0 Å². The normalized spacial score (nSPS) is 12.2. The van der Waals surface area contributed by atoms with Gasteiger partial charge in [-0.1, -0.05) is 56.5 Å². The van der Waals surface area contributed by atoms with Crippen molar-refractivity contribution in [3.63, 3.8) is 0 Å². The molecule has 2 heterocycles. The molecule has 29 heavy (non-hydrogen) atoms. The number of aromatic amines is 1. The molecule has 8 nitrogen and oxygen atoms in total. The third kappa shape index (κ3) is 5.44. The van der Waals surface area contributed by atoms with E-state index >= 15 is 0 Å². The highest BCUT2D eigenvalue weighted by Crippen LogP contribution is 2.19. The van der Waals surface area contributed by atoms with Crippen molar-refractivity contribution >= 4 is 28.6 Å². The van der Waals surface area contributed by atoms with Crippen molar-refractivity contribution in [1.29, 1.82) is 0 Å². The number of fused-ring (bicyclic) bond motifs is 1. The SMILES string of the molecule is CCCCCC[C@@H](C)NC(=O)CSc1nc2ccccc2c(=O)n1-c1ncn[nH]1. The summed E-state index contributed by atoms with van der Waals surface area (Å²) >= 11 is 1.21. The molecule has 0 unspecified atom stereocenters. The minimum absolute atomic E-state index is 0.0791. The number of hydrogen-bond donors (Lipinski definition) is 2. The molecule has 0 spiro atoms. The Morgan fingerprint density at radius 1 is 1.28 bits per heavy atom. The number of benzene rings is 1. The fourth-order valence-electron chi connectivity index (χ4n) is 3.10. The van der Waals surface area contributed by atoms with Crippen molar-refractivity contribution in [3.8, 4) is 5.95 Å². The van der Waals surface area contributed by atoms with E-state index in [0.717, 1.165) is 12.8 Å². The van der Waals surface area contributed by atoms with Crippen molar-refractivity contribution < 1.29 is 4.79 Å². The average Bonchev–Trinajstić information content (AvgIpc) is 3.24. The molecule has 3 rings (SSSR count). The highest BCUT2D eigenvalue weighted by Gasteiger charge is 2.17. The average molecular weight is 415 g/mol. The summed E-state index contributed by atoms with van der Waals surface area (Å²) in [5, 5.41) is 10.4. The van der Waals surface area contributed by atoms with Crippen LogP contribution in [0.2, 0.25) is 0 Å². The van der Waals surface area contributed by atoms with Crippen LogP contribution in [0.5, 0.6) is 0 Å². The smallest absolute Gasteiger partial charge is 0.269 e. The van der Waals surface area contributed by atoms with Crippen LogP contribution in [0.3, 0.4) is 0 Å². The maximum Gasteiger partial charge on any atom is 0.269 e. The minimum atomic E-state index is -0.250. The fourth-order valence-corrected chi connectivity index (χ4v) is 3.90. The van der Waals surface area contributed by atoms with E-state index in [9.17, 15) is 9.59 Å². The summed E-state index contributed by atoms with van der Waals surface area (Å²) in [7, 11) is 0. The van der Waals surface area contributed by atoms with Crippen LogP contribution in [-0.4, -0.2) is 42.4 Å². The van der Waals surface area contributed by atoms with Crippen molar-refractivity contribution in [2.45, 2.75) is 57.1 Å². The first-order valence-electron chi connectivity index (χ1n) is 9.89. The molecule has 0 saturated carbocycles. The Balaban J connectivity index is 1.72. The van der Waals surface area contributed by atoms with Gasteiger partial charge in [0.15, 0.2) is 5.16 Å². The van der Waals surface area contributed by atoms with Crippen LogP contribution >= 0.6 is 11.8 Å². The van der Waals surface area contributed by atoms with Crippen molar-refractivity contribution in [2.75, 3.05) is 5.75 Å². The molecule has 9 heteroatoms. The van der Waals surface area contributed by atoms with Gasteiger partial charge >= 0.3 is 0 Å². The zero-order chi connectivity index (χ0) is 20.6. The summed E-state index contributed by atoms with van der Waals surface area (Å²) in [6.45, 7) is 4.20. The third-order valence-corrected chi connectivity index (χ3v) is 5.53. The molecule has 0 radical (unpaired) electrons. The van der Waals surface area contributed by atoms with Gasteiger partial charge in [0.25, 0.3) is 5.56 Å². The van der Waals surface area contributed by atoms with E-state index in [2.05, 4.69) is 32.4 Å². The van der Waals surface area contributed by atoms with Gasteiger partial charge in [0, 0.05) is 6.04 Å². The summed E-state index contributed by atoms with van der Waals surface area (Å²) in [6.07, 6.45) is 7.02. The molecule has 1 atom stereocenters. The Bertz CT molecular complexity index is 1000. The standard InChI is InChI=1S/C20H26N6O2S/c1-3-4-5-6-9-14(2)23-17(27)12-29-20-24-16-11-8-7-10-15(16)18(28)26(20)19-21-13-22-25-19/h7-8,10-11,13-14H,3-6,9,12H2,1-2H3,(H,23,27)(H,21,22,25)/t14-/m1/s1. The quantitative estimate of drug-likeness (QED) is 0.300. The summed E-state index contributed by atoms with van der Waals surface area (Å²) in [6, 6.07) is 7.25. The number of para-hydroxylation sites is 1. The molecule has 2 N–H and O–H groups in total. The van der Waals surface area contributed by atoms with Crippen molar-refractivity contribution in [3.05, 3.63) is 40.9 Å². The molecule has 0 bridgehead atoms. The van der Waals surface area contributed by atoms with Gasteiger partial charge in [0.2, 0.25) is 11.9 Å². The molecule has 0 aliphatic heterocycles. The lowest BCUT2D eigenvalue weighted by atomic mass is 10.1. The Hall–Kier alpha value is -2.68. The molecule has 0 aliphatic rings.